The number of benzene rings is 1. The lowest BCUT2D eigenvalue weighted by Gasteiger charge is -2.40. The molecule has 1 aliphatic heterocycles. The van der Waals surface area contributed by atoms with E-state index in [2.05, 4.69) is 5.32 Å². The molecular weight excluding hydrogens is 268 g/mol. The monoisotopic (exact) mass is 288 g/mol. The minimum Gasteiger partial charge on any atom is -0.496 e. The van der Waals surface area contributed by atoms with Crippen LogP contribution in [0.4, 0.5) is 0 Å². The fourth-order valence-corrected chi connectivity index (χ4v) is 2.34. The molecule has 1 aromatic carbocycles. The number of nitrogens with zero attached hydrogens (tertiary/aromatic N) is 1. The molecule has 0 saturated carbocycles. The third-order valence-corrected chi connectivity index (χ3v) is 3.66. The van der Waals surface area contributed by atoms with Gasteiger partial charge in [0.25, 0.3) is 0 Å². The Labute approximate surface area is 124 Å². The highest BCUT2D eigenvalue weighted by molar-refractivity contribution is 5.98. The first kappa shape index (κ1) is 15.1. The Morgan fingerprint density at radius 3 is 2.81 bits per heavy atom. The van der Waals surface area contributed by atoms with Gasteiger partial charge in [0.2, 0.25) is 11.8 Å². The molecule has 1 aromatic rings. The summed E-state index contributed by atoms with van der Waals surface area (Å²) >= 11 is 0. The second-order valence-electron chi connectivity index (χ2n) is 5.38. The maximum atomic E-state index is 12.4. The molecule has 0 atom stereocenters. The van der Waals surface area contributed by atoms with Crippen LogP contribution in [0.5, 0.6) is 5.75 Å². The molecule has 0 radical (unpaired) electrons. The summed E-state index contributed by atoms with van der Waals surface area (Å²) in [6.45, 7) is 4.48. The van der Waals surface area contributed by atoms with Crippen molar-refractivity contribution in [2.24, 2.45) is 0 Å². The van der Waals surface area contributed by atoms with Gasteiger partial charge in [-0.3, -0.25) is 9.59 Å². The number of hydrogen-bond donors (Lipinski definition) is 1. The zero-order valence-corrected chi connectivity index (χ0v) is 12.6. The van der Waals surface area contributed by atoms with E-state index in [-0.39, 0.29) is 11.8 Å². The van der Waals surface area contributed by atoms with Gasteiger partial charge in [-0.1, -0.05) is 18.2 Å². The van der Waals surface area contributed by atoms with Crippen LogP contribution in [0.1, 0.15) is 19.4 Å². The minimum absolute atomic E-state index is 0.132. The topological polar surface area (TPSA) is 58.6 Å². The van der Waals surface area contributed by atoms with E-state index >= 15 is 0 Å². The second kappa shape index (κ2) is 5.99. The van der Waals surface area contributed by atoms with Gasteiger partial charge in [0.15, 0.2) is 0 Å². The molecule has 0 unspecified atom stereocenters. The SMILES string of the molecule is COc1ccccc1C=CC(=O)N1CCNC(=O)C1(C)C. The van der Waals surface area contributed by atoms with Gasteiger partial charge in [-0.15, -0.1) is 0 Å². The van der Waals surface area contributed by atoms with Crippen LogP contribution >= 0.6 is 0 Å². The maximum absolute atomic E-state index is 12.4. The maximum Gasteiger partial charge on any atom is 0.247 e. The van der Waals surface area contributed by atoms with E-state index in [0.717, 1.165) is 5.56 Å². The van der Waals surface area contributed by atoms with Gasteiger partial charge in [-0.05, 0) is 26.0 Å². The number of methoxy groups -OCH3 is 1. The number of piperazine rings is 1. The molecule has 1 aliphatic rings. The molecule has 1 saturated heterocycles. The van der Waals surface area contributed by atoms with Gasteiger partial charge in [0, 0.05) is 24.7 Å². The lowest BCUT2D eigenvalue weighted by Crippen LogP contribution is -2.63. The van der Waals surface area contributed by atoms with Crippen LogP contribution in [0.15, 0.2) is 30.3 Å². The quantitative estimate of drug-likeness (QED) is 0.856. The number of rotatable bonds is 3. The molecule has 0 aromatic heterocycles. The summed E-state index contributed by atoms with van der Waals surface area (Å²) in [7, 11) is 1.59. The number of para-hydroxylation sites is 1. The number of carbonyl (C=O) groups excluding carboxylic acids is 2. The average Bonchev–Trinajstić information content (AvgIpc) is 2.47. The fourth-order valence-electron chi connectivity index (χ4n) is 2.34. The van der Waals surface area contributed by atoms with Crippen molar-refractivity contribution in [3.63, 3.8) is 0 Å². The summed E-state index contributed by atoms with van der Waals surface area (Å²) in [4.78, 5) is 25.8. The van der Waals surface area contributed by atoms with Crippen molar-refractivity contribution in [2.75, 3.05) is 20.2 Å². The third kappa shape index (κ3) is 3.07. The van der Waals surface area contributed by atoms with E-state index in [1.54, 1.807) is 31.9 Å². The molecule has 112 valence electrons. The van der Waals surface area contributed by atoms with E-state index < -0.39 is 5.54 Å². The van der Waals surface area contributed by atoms with Crippen LogP contribution < -0.4 is 10.1 Å². The summed E-state index contributed by atoms with van der Waals surface area (Å²) in [5.41, 5.74) is -0.00639. The number of ether oxygens (including phenoxy) is 1. The zero-order valence-electron chi connectivity index (χ0n) is 12.6. The molecule has 1 fully saturated rings. The van der Waals surface area contributed by atoms with Crippen molar-refractivity contribution in [3.05, 3.63) is 35.9 Å². The normalized spacial score (nSPS) is 17.7. The summed E-state index contributed by atoms with van der Waals surface area (Å²) in [5, 5.41) is 2.77. The van der Waals surface area contributed by atoms with Crippen LogP contribution in [-0.4, -0.2) is 42.5 Å². The van der Waals surface area contributed by atoms with Crippen LogP contribution in [0.3, 0.4) is 0 Å². The molecule has 21 heavy (non-hydrogen) atoms. The van der Waals surface area contributed by atoms with E-state index in [9.17, 15) is 9.59 Å². The van der Waals surface area contributed by atoms with Crippen molar-refractivity contribution in [1.29, 1.82) is 0 Å². The summed E-state index contributed by atoms with van der Waals surface area (Å²) in [6.07, 6.45) is 3.20. The Balaban J connectivity index is 2.17. The predicted molar refractivity (Wildman–Crippen MR) is 80.8 cm³/mol. The number of nitrogens with one attached hydrogen (secondary N) is 1. The molecule has 0 bridgehead atoms. The van der Waals surface area contributed by atoms with Gasteiger partial charge in [-0.2, -0.15) is 0 Å². The second-order valence-corrected chi connectivity index (χ2v) is 5.38. The minimum atomic E-state index is -0.833. The van der Waals surface area contributed by atoms with Crippen LogP contribution in [0.2, 0.25) is 0 Å². The first-order valence-electron chi connectivity index (χ1n) is 6.88. The van der Waals surface area contributed by atoms with Crippen LogP contribution in [0.25, 0.3) is 6.08 Å². The molecule has 5 nitrogen and oxygen atoms in total. The van der Waals surface area contributed by atoms with Gasteiger partial charge in [0.05, 0.1) is 7.11 Å². The zero-order chi connectivity index (χ0) is 15.5. The van der Waals surface area contributed by atoms with Crippen molar-refractivity contribution >= 4 is 17.9 Å². The first-order chi connectivity index (χ1) is 9.96. The van der Waals surface area contributed by atoms with E-state index in [4.69, 9.17) is 4.74 Å². The first-order valence-corrected chi connectivity index (χ1v) is 6.88. The van der Waals surface area contributed by atoms with Crippen LogP contribution in [0, 0.1) is 0 Å². The molecule has 1 heterocycles. The predicted octanol–water partition coefficient (Wildman–Crippen LogP) is 1.45. The average molecular weight is 288 g/mol. The summed E-state index contributed by atoms with van der Waals surface area (Å²) in [5.74, 6) is 0.394. The van der Waals surface area contributed by atoms with Crippen molar-refractivity contribution in [1.82, 2.24) is 10.2 Å². The van der Waals surface area contributed by atoms with Gasteiger partial charge >= 0.3 is 0 Å². The van der Waals surface area contributed by atoms with Crippen molar-refractivity contribution in [3.8, 4) is 5.75 Å². The van der Waals surface area contributed by atoms with Crippen molar-refractivity contribution in [2.45, 2.75) is 19.4 Å². The molecule has 2 amide bonds. The molecule has 2 rings (SSSR count). The Morgan fingerprint density at radius 1 is 1.38 bits per heavy atom. The molecule has 0 spiro atoms. The van der Waals surface area contributed by atoms with Gasteiger partial charge in [-0.25, -0.2) is 0 Å². The summed E-state index contributed by atoms with van der Waals surface area (Å²) in [6, 6.07) is 7.46. The summed E-state index contributed by atoms with van der Waals surface area (Å²) < 4.78 is 5.24. The van der Waals surface area contributed by atoms with Gasteiger partial charge < -0.3 is 15.0 Å². The molecule has 1 N–H and O–H groups in total. The van der Waals surface area contributed by atoms with E-state index in [0.29, 0.717) is 18.8 Å². The number of hydrogen-bond acceptors (Lipinski definition) is 3. The fraction of sp³-hybridized carbons (Fsp3) is 0.375. The smallest absolute Gasteiger partial charge is 0.247 e. The molecular formula is C16H20N2O3. The third-order valence-electron chi connectivity index (χ3n) is 3.66. The lowest BCUT2D eigenvalue weighted by molar-refractivity contribution is -0.146. The van der Waals surface area contributed by atoms with Crippen molar-refractivity contribution < 1.29 is 14.3 Å². The Bertz CT molecular complexity index is 579. The Kier molecular flexibility index (Phi) is 4.31. The lowest BCUT2D eigenvalue weighted by atomic mass is 9.98. The molecule has 5 heteroatoms. The highest BCUT2D eigenvalue weighted by Gasteiger charge is 2.39. The van der Waals surface area contributed by atoms with E-state index in [1.165, 1.54) is 6.08 Å². The molecule has 0 aliphatic carbocycles. The largest absolute Gasteiger partial charge is 0.496 e. The Hall–Kier alpha value is -2.30. The van der Waals surface area contributed by atoms with Gasteiger partial charge in [0.1, 0.15) is 11.3 Å². The standard InChI is InChI=1S/C16H20N2O3/c1-16(2)15(20)17-10-11-18(16)14(19)9-8-12-6-4-5-7-13(12)21-3/h4-9H,10-11H2,1-3H3,(H,17,20). The van der Waals surface area contributed by atoms with E-state index in [1.807, 2.05) is 24.3 Å². The highest BCUT2D eigenvalue weighted by atomic mass is 16.5. The van der Waals surface area contributed by atoms with Crippen LogP contribution in [-0.2, 0) is 9.59 Å². The highest BCUT2D eigenvalue weighted by Crippen LogP contribution is 2.21. The number of carbonyl (C=O) groups is 2. The Morgan fingerprint density at radius 2 is 2.10 bits per heavy atom. The number of amides is 2.